The Hall–Kier alpha value is -3.23. The molecule has 0 aliphatic carbocycles. The summed E-state index contributed by atoms with van der Waals surface area (Å²) < 4.78 is 5.41. The number of urea groups is 1. The molecule has 0 spiro atoms. The fourth-order valence-corrected chi connectivity index (χ4v) is 3.23. The van der Waals surface area contributed by atoms with Crippen LogP contribution in [0.3, 0.4) is 0 Å². The van der Waals surface area contributed by atoms with Crippen LogP contribution in [0.5, 0.6) is 0 Å². The monoisotopic (exact) mass is 367 g/mol. The molecule has 2 amide bonds. The van der Waals surface area contributed by atoms with Crippen LogP contribution in [0.4, 0.5) is 10.5 Å². The van der Waals surface area contributed by atoms with Crippen molar-refractivity contribution >= 4 is 11.7 Å². The zero-order chi connectivity index (χ0) is 18.8. The first-order valence-electron chi connectivity index (χ1n) is 8.94. The standard InChI is InChI=1S/C18H21N7O2/c1-11-19-16(23-21-11)14-4-3-9-25(10-14)18(26)20-15-7-5-13(6-8-15)17-24-22-12(2)27-17/h5-8,14H,3-4,9-10H2,1-2H3,(H,20,26)(H,19,21,23)/t14-/m1/s1. The molecule has 0 unspecified atom stereocenters. The second-order valence-electron chi connectivity index (χ2n) is 6.70. The van der Waals surface area contributed by atoms with E-state index in [1.54, 1.807) is 6.92 Å². The predicted octanol–water partition coefficient (Wildman–Crippen LogP) is 2.88. The van der Waals surface area contributed by atoms with E-state index in [2.05, 4.69) is 30.7 Å². The van der Waals surface area contributed by atoms with Crippen LogP contribution in [0.25, 0.3) is 11.5 Å². The number of hydrogen-bond acceptors (Lipinski definition) is 6. The molecule has 1 saturated heterocycles. The number of aryl methyl sites for hydroxylation is 2. The summed E-state index contributed by atoms with van der Waals surface area (Å²) in [7, 11) is 0. The largest absolute Gasteiger partial charge is 0.421 e. The molecular weight excluding hydrogens is 346 g/mol. The summed E-state index contributed by atoms with van der Waals surface area (Å²) in [5.74, 6) is 2.72. The normalized spacial score (nSPS) is 17.1. The van der Waals surface area contributed by atoms with Crippen molar-refractivity contribution in [3.05, 3.63) is 41.8 Å². The molecule has 2 N–H and O–H groups in total. The highest BCUT2D eigenvalue weighted by molar-refractivity contribution is 5.89. The van der Waals surface area contributed by atoms with E-state index in [0.717, 1.165) is 42.3 Å². The maximum absolute atomic E-state index is 12.6. The minimum Gasteiger partial charge on any atom is -0.421 e. The van der Waals surface area contributed by atoms with Gasteiger partial charge in [0.25, 0.3) is 0 Å². The third-order valence-corrected chi connectivity index (χ3v) is 4.60. The van der Waals surface area contributed by atoms with Crippen molar-refractivity contribution < 1.29 is 9.21 Å². The molecule has 3 aromatic rings. The van der Waals surface area contributed by atoms with Crippen molar-refractivity contribution in [1.82, 2.24) is 30.3 Å². The van der Waals surface area contributed by atoms with Crippen LogP contribution in [0.1, 0.15) is 36.3 Å². The van der Waals surface area contributed by atoms with Crippen LogP contribution < -0.4 is 5.32 Å². The van der Waals surface area contributed by atoms with E-state index in [9.17, 15) is 4.79 Å². The molecule has 1 aromatic carbocycles. The van der Waals surface area contributed by atoms with Crippen LogP contribution >= 0.6 is 0 Å². The fraction of sp³-hybridized carbons (Fsp3) is 0.389. The predicted molar refractivity (Wildman–Crippen MR) is 98.2 cm³/mol. The number of carbonyl (C=O) groups excluding carboxylic acids is 1. The Morgan fingerprint density at radius 3 is 2.74 bits per heavy atom. The molecule has 1 aliphatic heterocycles. The minimum atomic E-state index is -0.117. The zero-order valence-corrected chi connectivity index (χ0v) is 15.3. The molecule has 140 valence electrons. The number of hydrogen-bond donors (Lipinski definition) is 2. The van der Waals surface area contributed by atoms with Crippen LogP contribution in [-0.2, 0) is 0 Å². The molecule has 2 aromatic heterocycles. The number of amides is 2. The smallest absolute Gasteiger partial charge is 0.321 e. The lowest BCUT2D eigenvalue weighted by molar-refractivity contribution is 0.191. The van der Waals surface area contributed by atoms with Gasteiger partial charge in [-0.3, -0.25) is 5.10 Å². The number of aromatic amines is 1. The fourth-order valence-electron chi connectivity index (χ4n) is 3.23. The summed E-state index contributed by atoms with van der Waals surface area (Å²) in [6.07, 6.45) is 1.92. The molecule has 4 rings (SSSR count). The molecule has 1 aliphatic rings. The Morgan fingerprint density at radius 1 is 1.26 bits per heavy atom. The molecule has 3 heterocycles. The number of aromatic nitrogens is 5. The van der Waals surface area contributed by atoms with Gasteiger partial charge in [0.2, 0.25) is 11.8 Å². The third-order valence-electron chi connectivity index (χ3n) is 4.60. The first kappa shape index (κ1) is 17.2. The van der Waals surface area contributed by atoms with Gasteiger partial charge >= 0.3 is 6.03 Å². The molecule has 27 heavy (non-hydrogen) atoms. The van der Waals surface area contributed by atoms with Crippen molar-refractivity contribution in [1.29, 1.82) is 0 Å². The SMILES string of the molecule is Cc1nc([C@@H]2CCCN(C(=O)Nc3ccc(-c4nnc(C)o4)cc3)C2)n[nH]1. The molecule has 9 heteroatoms. The minimum absolute atomic E-state index is 0.117. The number of anilines is 1. The van der Waals surface area contributed by atoms with E-state index in [4.69, 9.17) is 4.42 Å². The lowest BCUT2D eigenvalue weighted by Gasteiger charge is -2.31. The van der Waals surface area contributed by atoms with Gasteiger partial charge in [-0.25, -0.2) is 9.78 Å². The van der Waals surface area contributed by atoms with Crippen molar-refractivity contribution in [3.8, 4) is 11.5 Å². The van der Waals surface area contributed by atoms with Crippen LogP contribution in [-0.4, -0.2) is 49.4 Å². The zero-order valence-electron chi connectivity index (χ0n) is 15.3. The summed E-state index contributed by atoms with van der Waals surface area (Å²) in [6.45, 7) is 4.97. The van der Waals surface area contributed by atoms with Gasteiger partial charge < -0.3 is 14.6 Å². The summed E-state index contributed by atoms with van der Waals surface area (Å²) in [6, 6.07) is 7.23. The molecule has 0 bridgehead atoms. The second kappa shape index (κ2) is 7.18. The maximum Gasteiger partial charge on any atom is 0.321 e. The van der Waals surface area contributed by atoms with Crippen molar-refractivity contribution in [2.24, 2.45) is 0 Å². The van der Waals surface area contributed by atoms with Crippen LogP contribution in [0, 0.1) is 13.8 Å². The van der Waals surface area contributed by atoms with Gasteiger partial charge in [0.15, 0.2) is 5.82 Å². The molecule has 1 atom stereocenters. The molecule has 9 nitrogen and oxygen atoms in total. The van der Waals surface area contributed by atoms with Crippen LogP contribution in [0.15, 0.2) is 28.7 Å². The Bertz CT molecular complexity index is 931. The van der Waals surface area contributed by atoms with Gasteiger partial charge in [-0.1, -0.05) is 0 Å². The van der Waals surface area contributed by atoms with Gasteiger partial charge in [0.1, 0.15) is 5.82 Å². The Morgan fingerprint density at radius 2 is 2.07 bits per heavy atom. The van der Waals surface area contributed by atoms with Crippen molar-refractivity contribution in [2.45, 2.75) is 32.6 Å². The van der Waals surface area contributed by atoms with Crippen molar-refractivity contribution in [3.63, 3.8) is 0 Å². The van der Waals surface area contributed by atoms with Crippen molar-refractivity contribution in [2.75, 3.05) is 18.4 Å². The highest BCUT2D eigenvalue weighted by atomic mass is 16.4. The van der Waals surface area contributed by atoms with E-state index in [0.29, 0.717) is 18.3 Å². The number of piperidine rings is 1. The third kappa shape index (κ3) is 3.81. The molecule has 1 fully saturated rings. The number of H-pyrrole nitrogens is 1. The highest BCUT2D eigenvalue weighted by Gasteiger charge is 2.27. The van der Waals surface area contributed by atoms with Gasteiger partial charge in [0.05, 0.1) is 0 Å². The molecule has 0 saturated carbocycles. The lowest BCUT2D eigenvalue weighted by atomic mass is 9.98. The Labute approximate surface area is 156 Å². The van der Waals surface area contributed by atoms with Gasteiger partial charge in [-0.15, -0.1) is 10.2 Å². The average Bonchev–Trinajstić information content (AvgIpc) is 3.31. The van der Waals surface area contributed by atoms with E-state index in [1.165, 1.54) is 0 Å². The van der Waals surface area contributed by atoms with E-state index in [-0.39, 0.29) is 11.9 Å². The number of likely N-dealkylation sites (tertiary alicyclic amines) is 1. The number of rotatable bonds is 3. The van der Waals surface area contributed by atoms with E-state index >= 15 is 0 Å². The lowest BCUT2D eigenvalue weighted by Crippen LogP contribution is -2.41. The summed E-state index contributed by atoms with van der Waals surface area (Å²) >= 11 is 0. The number of carbonyl (C=O) groups is 1. The topological polar surface area (TPSA) is 113 Å². The molecular formula is C18H21N7O2. The summed E-state index contributed by atoms with van der Waals surface area (Å²) in [5, 5.41) is 17.9. The first-order chi connectivity index (χ1) is 13.1. The quantitative estimate of drug-likeness (QED) is 0.736. The van der Waals surface area contributed by atoms with Gasteiger partial charge in [-0.05, 0) is 44.0 Å². The van der Waals surface area contributed by atoms with Gasteiger partial charge in [0, 0.05) is 37.2 Å². The Balaban J connectivity index is 1.39. The van der Waals surface area contributed by atoms with Gasteiger partial charge in [-0.2, -0.15) is 5.10 Å². The Kier molecular flexibility index (Phi) is 4.57. The first-order valence-corrected chi connectivity index (χ1v) is 8.94. The average molecular weight is 367 g/mol. The number of benzene rings is 1. The molecule has 0 radical (unpaired) electrons. The second-order valence-corrected chi connectivity index (χ2v) is 6.70. The number of nitrogens with zero attached hydrogens (tertiary/aromatic N) is 5. The summed E-state index contributed by atoms with van der Waals surface area (Å²) in [5.41, 5.74) is 1.53. The highest BCUT2D eigenvalue weighted by Crippen LogP contribution is 2.25. The maximum atomic E-state index is 12.6. The van der Waals surface area contributed by atoms with E-state index in [1.807, 2.05) is 36.1 Å². The van der Waals surface area contributed by atoms with E-state index < -0.39 is 0 Å². The summed E-state index contributed by atoms with van der Waals surface area (Å²) in [4.78, 5) is 18.9. The number of nitrogens with one attached hydrogen (secondary N) is 2. The van der Waals surface area contributed by atoms with Crippen LogP contribution in [0.2, 0.25) is 0 Å².